The highest BCUT2D eigenvalue weighted by molar-refractivity contribution is 5.68. The highest BCUT2D eigenvalue weighted by Crippen LogP contribution is 2.32. The number of anilines is 1. The van der Waals surface area contributed by atoms with Gasteiger partial charge in [-0.05, 0) is 59.7 Å². The van der Waals surface area contributed by atoms with Gasteiger partial charge in [0.2, 0.25) is 0 Å². The molecule has 0 radical (unpaired) electrons. The third-order valence-electron chi connectivity index (χ3n) is 6.28. The van der Waals surface area contributed by atoms with Gasteiger partial charge >= 0.3 is 5.97 Å². The zero-order chi connectivity index (χ0) is 22.6. The summed E-state index contributed by atoms with van der Waals surface area (Å²) in [6.45, 7) is 2.29. The van der Waals surface area contributed by atoms with Gasteiger partial charge in [-0.1, -0.05) is 18.2 Å². The Balaban J connectivity index is 1.19. The van der Waals surface area contributed by atoms with E-state index in [0.717, 1.165) is 61.5 Å². The number of tetrazole rings is 1. The zero-order valence-corrected chi connectivity index (χ0v) is 18.5. The van der Waals surface area contributed by atoms with E-state index in [1.54, 1.807) is 4.80 Å². The highest BCUT2D eigenvalue weighted by atomic mass is 16.5. The number of fused-ring (bicyclic) bond motifs is 2. The number of benzene rings is 1. The molecule has 1 unspecified atom stereocenters. The number of rotatable bonds is 9. The van der Waals surface area contributed by atoms with Gasteiger partial charge in [-0.15, -0.1) is 10.2 Å². The largest absolute Gasteiger partial charge is 0.493 e. The number of nitrogens with one attached hydrogen (secondary N) is 1. The van der Waals surface area contributed by atoms with Crippen molar-refractivity contribution in [2.45, 2.75) is 57.4 Å². The number of pyridine rings is 1. The average Bonchev–Trinajstić information content (AvgIpc) is 3.47. The zero-order valence-electron chi connectivity index (χ0n) is 18.5. The van der Waals surface area contributed by atoms with E-state index in [1.807, 2.05) is 18.2 Å². The molecule has 4 heterocycles. The molecule has 9 nitrogen and oxygen atoms in total. The van der Waals surface area contributed by atoms with E-state index in [-0.39, 0.29) is 12.3 Å². The number of carbonyl (C=O) groups is 1. The molecular formula is C24H28N6O3. The predicted molar refractivity (Wildman–Crippen MR) is 122 cm³/mol. The molecule has 2 aromatic heterocycles. The van der Waals surface area contributed by atoms with Crippen LogP contribution in [0.1, 0.15) is 53.4 Å². The lowest BCUT2D eigenvalue weighted by Gasteiger charge is -2.17. The van der Waals surface area contributed by atoms with E-state index in [9.17, 15) is 9.90 Å². The van der Waals surface area contributed by atoms with Crippen LogP contribution >= 0.6 is 0 Å². The Morgan fingerprint density at radius 2 is 2.12 bits per heavy atom. The molecule has 0 amide bonds. The SMILES string of the molecule is O=C(O)CC(Cc1nnn(CCCc2ccc3c(n2)NCCC3)n1)c1ccc2c(c1)OCC2. The molecule has 2 aliphatic rings. The molecule has 3 aromatic rings. The van der Waals surface area contributed by atoms with Gasteiger partial charge in [-0.2, -0.15) is 4.80 Å². The van der Waals surface area contributed by atoms with Crippen LogP contribution < -0.4 is 10.1 Å². The summed E-state index contributed by atoms with van der Waals surface area (Å²) in [4.78, 5) is 17.8. The van der Waals surface area contributed by atoms with Crippen molar-refractivity contribution in [1.82, 2.24) is 25.2 Å². The number of nitrogens with zero attached hydrogens (tertiary/aromatic N) is 5. The smallest absolute Gasteiger partial charge is 0.303 e. The van der Waals surface area contributed by atoms with Crippen molar-refractivity contribution < 1.29 is 14.6 Å². The van der Waals surface area contributed by atoms with E-state index < -0.39 is 5.97 Å². The summed E-state index contributed by atoms with van der Waals surface area (Å²) in [5.41, 5.74) is 4.45. The number of carboxylic acid groups (broad SMARTS) is 1. The molecule has 0 fully saturated rings. The van der Waals surface area contributed by atoms with Crippen LogP contribution in [0.5, 0.6) is 5.75 Å². The van der Waals surface area contributed by atoms with Crippen LogP contribution in [-0.4, -0.2) is 49.4 Å². The Morgan fingerprint density at radius 3 is 3.03 bits per heavy atom. The molecule has 9 heteroatoms. The summed E-state index contributed by atoms with van der Waals surface area (Å²) in [5, 5.41) is 25.6. The van der Waals surface area contributed by atoms with Crippen LogP contribution in [0.4, 0.5) is 5.82 Å². The first-order chi connectivity index (χ1) is 16.1. The summed E-state index contributed by atoms with van der Waals surface area (Å²) in [7, 11) is 0. The van der Waals surface area contributed by atoms with E-state index in [1.165, 1.54) is 11.1 Å². The molecule has 0 aliphatic carbocycles. The van der Waals surface area contributed by atoms with Gasteiger partial charge in [0.05, 0.1) is 19.6 Å². The lowest BCUT2D eigenvalue weighted by atomic mass is 9.91. The minimum absolute atomic E-state index is 0.00532. The van der Waals surface area contributed by atoms with E-state index in [2.05, 4.69) is 32.9 Å². The van der Waals surface area contributed by atoms with Crippen molar-refractivity contribution in [2.75, 3.05) is 18.5 Å². The first-order valence-electron chi connectivity index (χ1n) is 11.6. The minimum Gasteiger partial charge on any atom is -0.493 e. The van der Waals surface area contributed by atoms with Crippen molar-refractivity contribution in [3.05, 3.63) is 58.5 Å². The number of ether oxygens (including phenoxy) is 1. The third-order valence-corrected chi connectivity index (χ3v) is 6.28. The van der Waals surface area contributed by atoms with Gasteiger partial charge in [-0.3, -0.25) is 4.79 Å². The molecule has 33 heavy (non-hydrogen) atoms. The molecule has 0 bridgehead atoms. The van der Waals surface area contributed by atoms with Crippen LogP contribution in [-0.2, 0) is 37.0 Å². The molecule has 0 spiro atoms. The monoisotopic (exact) mass is 448 g/mol. The van der Waals surface area contributed by atoms with Crippen molar-refractivity contribution in [1.29, 1.82) is 0 Å². The van der Waals surface area contributed by atoms with Crippen LogP contribution in [0.25, 0.3) is 0 Å². The number of hydrogen-bond donors (Lipinski definition) is 2. The third kappa shape index (κ3) is 5.13. The maximum absolute atomic E-state index is 11.5. The van der Waals surface area contributed by atoms with Gasteiger partial charge < -0.3 is 15.2 Å². The second-order valence-corrected chi connectivity index (χ2v) is 8.71. The maximum Gasteiger partial charge on any atom is 0.303 e. The number of carboxylic acids is 1. The van der Waals surface area contributed by atoms with E-state index >= 15 is 0 Å². The fourth-order valence-corrected chi connectivity index (χ4v) is 4.54. The Morgan fingerprint density at radius 1 is 1.21 bits per heavy atom. The standard InChI is InChI=1S/C24H28N6O3/c31-23(32)15-19(18-6-5-16-9-12-33-21(16)13-18)14-22-27-29-30(28-22)11-2-4-20-8-7-17-3-1-10-25-24(17)26-20/h5-8,13,19H,1-4,9-12,14-15H2,(H,25,26)(H,31,32). The number of aliphatic carboxylic acids is 1. The summed E-state index contributed by atoms with van der Waals surface area (Å²) in [6.07, 6.45) is 5.25. The Kier molecular flexibility index (Phi) is 6.19. The van der Waals surface area contributed by atoms with Gasteiger partial charge in [0, 0.05) is 31.0 Å². The summed E-state index contributed by atoms with van der Waals surface area (Å²) >= 11 is 0. The molecule has 5 rings (SSSR count). The molecule has 1 aromatic carbocycles. The molecule has 1 atom stereocenters. The lowest BCUT2D eigenvalue weighted by molar-refractivity contribution is -0.137. The summed E-state index contributed by atoms with van der Waals surface area (Å²) < 4.78 is 5.66. The van der Waals surface area contributed by atoms with Crippen molar-refractivity contribution >= 4 is 11.8 Å². The van der Waals surface area contributed by atoms with Crippen LogP contribution in [0, 0.1) is 0 Å². The minimum atomic E-state index is -0.846. The fourth-order valence-electron chi connectivity index (χ4n) is 4.54. The second-order valence-electron chi connectivity index (χ2n) is 8.71. The molecule has 2 N–H and O–H groups in total. The Bertz CT molecular complexity index is 1140. The first kappa shape index (κ1) is 21.4. The molecule has 2 aliphatic heterocycles. The molecule has 0 saturated carbocycles. The maximum atomic E-state index is 11.5. The Hall–Kier alpha value is -3.49. The normalized spacial score (nSPS) is 15.3. The van der Waals surface area contributed by atoms with Gasteiger partial charge in [0.25, 0.3) is 0 Å². The van der Waals surface area contributed by atoms with Gasteiger partial charge in [0.1, 0.15) is 11.6 Å². The van der Waals surface area contributed by atoms with E-state index in [0.29, 0.717) is 25.4 Å². The first-order valence-corrected chi connectivity index (χ1v) is 11.6. The Labute approximate surface area is 192 Å². The lowest BCUT2D eigenvalue weighted by Crippen LogP contribution is -2.14. The quantitative estimate of drug-likeness (QED) is 0.514. The topological polar surface area (TPSA) is 115 Å². The summed E-state index contributed by atoms with van der Waals surface area (Å²) in [5.74, 6) is 1.34. The number of aromatic nitrogens is 5. The van der Waals surface area contributed by atoms with Gasteiger partial charge in [-0.25, -0.2) is 4.98 Å². The fraction of sp³-hybridized carbons (Fsp3) is 0.458. The van der Waals surface area contributed by atoms with E-state index in [4.69, 9.17) is 9.72 Å². The van der Waals surface area contributed by atoms with Crippen LogP contribution in [0.3, 0.4) is 0 Å². The van der Waals surface area contributed by atoms with Gasteiger partial charge in [0.15, 0.2) is 5.82 Å². The van der Waals surface area contributed by atoms with Crippen molar-refractivity contribution in [3.63, 3.8) is 0 Å². The van der Waals surface area contributed by atoms with Crippen LogP contribution in [0.15, 0.2) is 30.3 Å². The predicted octanol–water partition coefficient (Wildman–Crippen LogP) is 2.79. The second kappa shape index (κ2) is 9.56. The van der Waals surface area contributed by atoms with Crippen molar-refractivity contribution in [2.24, 2.45) is 0 Å². The highest BCUT2D eigenvalue weighted by Gasteiger charge is 2.22. The molecule has 172 valence electrons. The summed E-state index contributed by atoms with van der Waals surface area (Å²) in [6, 6.07) is 10.2. The molecule has 0 saturated heterocycles. The average molecular weight is 449 g/mol. The van der Waals surface area contributed by atoms with Crippen molar-refractivity contribution in [3.8, 4) is 5.75 Å². The molecular weight excluding hydrogens is 420 g/mol. The number of hydrogen-bond acceptors (Lipinski definition) is 7. The number of aryl methyl sites for hydroxylation is 3. The van der Waals surface area contributed by atoms with Crippen LogP contribution in [0.2, 0.25) is 0 Å².